The summed E-state index contributed by atoms with van der Waals surface area (Å²) in [5, 5.41) is 11.2. The summed E-state index contributed by atoms with van der Waals surface area (Å²) in [6.07, 6.45) is 8.97. The molecule has 210 valence electrons. The third kappa shape index (κ3) is 6.98. The molecular formula is C27H33N9O4. The number of hydrogen-bond acceptors (Lipinski definition) is 10. The minimum absolute atomic E-state index is 0.173. The lowest BCUT2D eigenvalue weighted by molar-refractivity contribution is -0.155. The largest absolute Gasteiger partial charge is 0.466 e. The van der Waals surface area contributed by atoms with Gasteiger partial charge in [0.05, 0.1) is 53.2 Å². The summed E-state index contributed by atoms with van der Waals surface area (Å²) < 4.78 is 5.23. The predicted octanol–water partition coefficient (Wildman–Crippen LogP) is 3.57. The fourth-order valence-corrected chi connectivity index (χ4v) is 4.18. The van der Waals surface area contributed by atoms with Gasteiger partial charge in [-0.15, -0.1) is 0 Å². The quantitative estimate of drug-likeness (QED) is 0.291. The number of nitrogens with zero attached hydrogens (tertiary/aromatic N) is 5. The lowest BCUT2D eigenvalue weighted by atomic mass is 9.80. The van der Waals surface area contributed by atoms with Gasteiger partial charge in [-0.3, -0.25) is 19.9 Å². The van der Waals surface area contributed by atoms with Crippen LogP contribution < -0.4 is 26.2 Å². The summed E-state index contributed by atoms with van der Waals surface area (Å²) in [5.74, 6) is 0.170. The Morgan fingerprint density at radius 3 is 2.40 bits per heavy atom. The number of nitrogens with one attached hydrogen (secondary N) is 4. The molecule has 0 saturated carbocycles. The Kier molecular flexibility index (Phi) is 9.04. The first-order chi connectivity index (χ1) is 19.3. The van der Waals surface area contributed by atoms with Crippen molar-refractivity contribution in [3.05, 3.63) is 54.7 Å². The Morgan fingerprint density at radius 2 is 1.75 bits per heavy atom. The molecule has 3 aromatic rings. The van der Waals surface area contributed by atoms with E-state index in [1.807, 2.05) is 11.8 Å². The molecule has 4 heterocycles. The highest BCUT2D eigenvalue weighted by molar-refractivity contribution is 6.08. The van der Waals surface area contributed by atoms with Crippen LogP contribution in [0.5, 0.6) is 0 Å². The van der Waals surface area contributed by atoms with Crippen molar-refractivity contribution >= 4 is 46.7 Å². The molecule has 4 N–H and O–H groups in total. The molecule has 4 rings (SSSR count). The first-order valence-electron chi connectivity index (χ1n) is 13.1. The number of esters is 1. The normalized spacial score (nSPS) is 14.1. The monoisotopic (exact) mass is 547 g/mol. The summed E-state index contributed by atoms with van der Waals surface area (Å²) in [4.78, 5) is 56.6. The van der Waals surface area contributed by atoms with Crippen molar-refractivity contribution in [2.45, 2.75) is 33.6 Å². The van der Waals surface area contributed by atoms with E-state index >= 15 is 0 Å². The van der Waals surface area contributed by atoms with E-state index in [2.05, 4.69) is 41.2 Å². The number of ether oxygens (including phenoxy) is 1. The number of hydrogen-bond donors (Lipinski definition) is 4. The van der Waals surface area contributed by atoms with Crippen molar-refractivity contribution in [2.75, 3.05) is 47.1 Å². The molecule has 0 radical (unpaired) electrons. The Bertz CT molecular complexity index is 1330. The van der Waals surface area contributed by atoms with Gasteiger partial charge in [0.15, 0.2) is 0 Å². The number of amides is 3. The molecule has 1 aliphatic rings. The Morgan fingerprint density at radius 1 is 1.00 bits per heavy atom. The molecule has 40 heavy (non-hydrogen) atoms. The molecule has 13 heteroatoms. The second-order valence-corrected chi connectivity index (χ2v) is 9.46. The highest BCUT2D eigenvalue weighted by Crippen LogP contribution is 2.33. The first-order valence-corrected chi connectivity index (χ1v) is 13.1. The number of carbonyl (C=O) groups is 3. The fourth-order valence-electron chi connectivity index (χ4n) is 4.18. The molecule has 3 amide bonds. The van der Waals surface area contributed by atoms with Gasteiger partial charge in [-0.2, -0.15) is 0 Å². The van der Waals surface area contributed by atoms with E-state index in [1.165, 1.54) is 18.6 Å². The number of pyridine rings is 2. The fraction of sp³-hybridized carbons (Fsp3) is 0.370. The smallest absolute Gasteiger partial charge is 0.320 e. The van der Waals surface area contributed by atoms with Crippen molar-refractivity contribution in [2.24, 2.45) is 5.41 Å². The number of urea groups is 1. The molecule has 1 saturated heterocycles. The van der Waals surface area contributed by atoms with Crippen molar-refractivity contribution < 1.29 is 19.1 Å². The number of carbonyl (C=O) groups excluding carboxylic acids is 3. The van der Waals surface area contributed by atoms with Gasteiger partial charge >= 0.3 is 12.0 Å². The van der Waals surface area contributed by atoms with E-state index < -0.39 is 17.4 Å². The number of anilines is 5. The Hall–Kier alpha value is -4.81. The van der Waals surface area contributed by atoms with E-state index in [1.54, 1.807) is 44.4 Å². The minimum atomic E-state index is -0.513. The maximum atomic E-state index is 13.2. The molecule has 0 aliphatic carbocycles. The SMILES string of the molecule is CCNC(=O)Nc1cc(Nc2cccnc2)c(C(=O)Nc2cnc(N3CCC(C)(C(=O)OCC)CC3)nc2)cn1. The van der Waals surface area contributed by atoms with Gasteiger partial charge in [0.1, 0.15) is 5.82 Å². The van der Waals surface area contributed by atoms with Gasteiger partial charge in [0, 0.05) is 38.1 Å². The van der Waals surface area contributed by atoms with Gasteiger partial charge in [0.25, 0.3) is 5.91 Å². The maximum Gasteiger partial charge on any atom is 0.320 e. The zero-order valence-corrected chi connectivity index (χ0v) is 22.7. The maximum absolute atomic E-state index is 13.2. The molecule has 0 aromatic carbocycles. The van der Waals surface area contributed by atoms with Crippen LogP contribution in [0.1, 0.15) is 44.0 Å². The van der Waals surface area contributed by atoms with Gasteiger partial charge < -0.3 is 25.6 Å². The third-order valence-corrected chi connectivity index (χ3v) is 6.48. The Balaban J connectivity index is 1.45. The minimum Gasteiger partial charge on any atom is -0.466 e. The molecule has 0 unspecified atom stereocenters. The van der Waals surface area contributed by atoms with Gasteiger partial charge in [0.2, 0.25) is 5.95 Å². The summed E-state index contributed by atoms with van der Waals surface area (Å²) in [6, 6.07) is 4.72. The van der Waals surface area contributed by atoms with E-state index in [0.29, 0.717) is 62.1 Å². The second kappa shape index (κ2) is 12.8. The van der Waals surface area contributed by atoms with E-state index in [9.17, 15) is 14.4 Å². The Labute approximate surface area is 232 Å². The number of aromatic nitrogens is 4. The van der Waals surface area contributed by atoms with Crippen LogP contribution in [-0.2, 0) is 9.53 Å². The van der Waals surface area contributed by atoms with Gasteiger partial charge in [-0.05, 0) is 45.7 Å². The summed E-state index contributed by atoms with van der Waals surface area (Å²) in [5.41, 5.74) is 1.20. The van der Waals surface area contributed by atoms with Gasteiger partial charge in [-0.1, -0.05) is 0 Å². The molecule has 1 fully saturated rings. The van der Waals surface area contributed by atoms with Crippen LogP contribution in [0.4, 0.5) is 33.6 Å². The molecular weight excluding hydrogens is 514 g/mol. The molecule has 0 atom stereocenters. The standard InChI is InChI=1S/C27H33N9O4/c1-4-29-26(39)35-22-13-21(33-18-7-6-10-28-14-18)20(17-30-22)23(37)34-19-15-31-25(32-16-19)36-11-8-27(3,9-12-36)24(38)40-5-2/h6-7,10,13-17H,4-5,8-9,11-12H2,1-3H3,(H,34,37)(H3,29,30,33,35,39). The molecule has 3 aromatic heterocycles. The van der Waals surface area contributed by atoms with Crippen LogP contribution in [0.2, 0.25) is 0 Å². The second-order valence-electron chi connectivity index (χ2n) is 9.46. The lowest BCUT2D eigenvalue weighted by Crippen LogP contribution is -2.44. The van der Waals surface area contributed by atoms with Gasteiger partial charge in [-0.25, -0.2) is 19.7 Å². The lowest BCUT2D eigenvalue weighted by Gasteiger charge is -2.37. The van der Waals surface area contributed by atoms with E-state index in [-0.39, 0.29) is 17.4 Å². The van der Waals surface area contributed by atoms with Crippen LogP contribution >= 0.6 is 0 Å². The highest BCUT2D eigenvalue weighted by Gasteiger charge is 2.38. The average molecular weight is 548 g/mol. The van der Waals surface area contributed by atoms with Crippen molar-refractivity contribution in [3.8, 4) is 0 Å². The number of rotatable bonds is 9. The van der Waals surface area contributed by atoms with E-state index in [0.717, 1.165) is 0 Å². The molecule has 0 bridgehead atoms. The molecule has 0 spiro atoms. The highest BCUT2D eigenvalue weighted by atomic mass is 16.5. The summed E-state index contributed by atoms with van der Waals surface area (Å²) in [7, 11) is 0. The van der Waals surface area contributed by atoms with Crippen LogP contribution in [0.25, 0.3) is 0 Å². The molecule has 1 aliphatic heterocycles. The van der Waals surface area contributed by atoms with Crippen molar-refractivity contribution in [1.82, 2.24) is 25.3 Å². The first kappa shape index (κ1) is 28.2. The molecule has 13 nitrogen and oxygen atoms in total. The van der Waals surface area contributed by atoms with Crippen molar-refractivity contribution in [1.29, 1.82) is 0 Å². The van der Waals surface area contributed by atoms with Crippen LogP contribution in [0.15, 0.2) is 49.2 Å². The van der Waals surface area contributed by atoms with Crippen LogP contribution in [-0.4, -0.2) is 64.1 Å². The third-order valence-electron chi connectivity index (χ3n) is 6.48. The topological polar surface area (TPSA) is 163 Å². The zero-order valence-electron chi connectivity index (χ0n) is 22.7. The van der Waals surface area contributed by atoms with Crippen LogP contribution in [0, 0.1) is 5.41 Å². The average Bonchev–Trinajstić information content (AvgIpc) is 2.95. The summed E-state index contributed by atoms with van der Waals surface area (Å²) >= 11 is 0. The van der Waals surface area contributed by atoms with E-state index in [4.69, 9.17) is 4.74 Å². The predicted molar refractivity (Wildman–Crippen MR) is 151 cm³/mol. The van der Waals surface area contributed by atoms with Crippen LogP contribution in [0.3, 0.4) is 0 Å². The zero-order chi connectivity index (χ0) is 28.5. The van der Waals surface area contributed by atoms with Crippen molar-refractivity contribution in [3.63, 3.8) is 0 Å². The number of piperidine rings is 1. The summed E-state index contributed by atoms with van der Waals surface area (Å²) in [6.45, 7) is 7.59.